The van der Waals surface area contributed by atoms with Gasteiger partial charge in [0.2, 0.25) is 0 Å². The van der Waals surface area contributed by atoms with E-state index in [4.69, 9.17) is 19.9 Å². The molecule has 0 aliphatic rings. The Morgan fingerprint density at radius 1 is 1.11 bits per heavy atom. The van der Waals surface area contributed by atoms with Gasteiger partial charge in [0.1, 0.15) is 16.0 Å². The summed E-state index contributed by atoms with van der Waals surface area (Å²) in [5.74, 6) is 1.71. The molecule has 0 radical (unpaired) electrons. The average Bonchev–Trinajstić information content (AvgIpc) is 2.38. The van der Waals surface area contributed by atoms with Crippen LogP contribution in [0.15, 0.2) is 16.6 Å². The number of halogens is 1. The molecule has 0 saturated heterocycles. The summed E-state index contributed by atoms with van der Waals surface area (Å²) in [5, 5.41) is 0. The largest absolute Gasteiger partial charge is 0.495 e. The first-order chi connectivity index (χ1) is 8.97. The van der Waals surface area contributed by atoms with Gasteiger partial charge in [0, 0.05) is 12.7 Å². The van der Waals surface area contributed by atoms with Crippen LogP contribution in [0.2, 0.25) is 0 Å². The summed E-state index contributed by atoms with van der Waals surface area (Å²) in [6.07, 6.45) is -0.0748. The molecule has 108 valence electrons. The fourth-order valence-electron chi connectivity index (χ4n) is 2.19. The van der Waals surface area contributed by atoms with Crippen LogP contribution in [0, 0.1) is 5.92 Å². The molecule has 1 rings (SSSR count). The molecule has 0 aliphatic carbocycles. The molecule has 1 aromatic carbocycles. The van der Waals surface area contributed by atoms with Gasteiger partial charge in [-0.05, 0) is 34.0 Å². The van der Waals surface area contributed by atoms with Crippen LogP contribution in [0.5, 0.6) is 11.5 Å². The predicted octanol–water partition coefficient (Wildman–Crippen LogP) is 3.14. The van der Waals surface area contributed by atoms with Crippen molar-refractivity contribution in [1.82, 2.24) is 0 Å². The van der Waals surface area contributed by atoms with E-state index in [2.05, 4.69) is 29.8 Å². The summed E-state index contributed by atoms with van der Waals surface area (Å²) in [5.41, 5.74) is 7.22. The Hall–Kier alpha value is -0.780. The average molecular weight is 332 g/mol. The van der Waals surface area contributed by atoms with Crippen molar-refractivity contribution in [2.24, 2.45) is 11.7 Å². The fraction of sp³-hybridized carbons (Fsp3) is 0.571. The van der Waals surface area contributed by atoms with E-state index >= 15 is 0 Å². The molecule has 0 aromatic heterocycles. The van der Waals surface area contributed by atoms with Crippen molar-refractivity contribution >= 4 is 15.9 Å². The Morgan fingerprint density at radius 2 is 1.74 bits per heavy atom. The Balaban J connectivity index is 3.23. The van der Waals surface area contributed by atoms with Crippen LogP contribution >= 0.6 is 15.9 Å². The van der Waals surface area contributed by atoms with Crippen molar-refractivity contribution < 1.29 is 14.2 Å². The smallest absolute Gasteiger partial charge is 0.141 e. The molecule has 0 bridgehead atoms. The summed E-state index contributed by atoms with van der Waals surface area (Å²) in [7, 11) is 4.91. The van der Waals surface area contributed by atoms with Crippen LogP contribution in [-0.2, 0) is 4.74 Å². The highest BCUT2D eigenvalue weighted by atomic mass is 79.9. The molecule has 0 spiro atoms. The molecule has 0 saturated carbocycles. The summed E-state index contributed by atoms with van der Waals surface area (Å²) < 4.78 is 17.0. The highest BCUT2D eigenvalue weighted by Gasteiger charge is 2.26. The first-order valence-electron chi connectivity index (χ1n) is 6.16. The predicted molar refractivity (Wildman–Crippen MR) is 79.8 cm³/mol. The van der Waals surface area contributed by atoms with Crippen molar-refractivity contribution in [2.75, 3.05) is 21.3 Å². The summed E-state index contributed by atoms with van der Waals surface area (Å²) in [6, 6.07) is 3.53. The van der Waals surface area contributed by atoms with Gasteiger partial charge in [0.05, 0.1) is 26.4 Å². The minimum atomic E-state index is -0.262. The summed E-state index contributed by atoms with van der Waals surface area (Å²) in [4.78, 5) is 0. The molecule has 0 heterocycles. The Kier molecular flexibility index (Phi) is 6.10. The summed E-state index contributed by atoms with van der Waals surface area (Å²) in [6.45, 7) is 4.16. The van der Waals surface area contributed by atoms with Gasteiger partial charge in [0.15, 0.2) is 0 Å². The zero-order valence-electron chi connectivity index (χ0n) is 12.1. The minimum Gasteiger partial charge on any atom is -0.495 e. The minimum absolute atomic E-state index is 0.0748. The maximum absolute atomic E-state index is 6.32. The number of nitrogens with two attached hydrogens (primary N) is 1. The molecule has 1 aromatic rings. The SMILES string of the molecule is COc1ccc(C(N)C(OC)C(C)C)c(OC)c1Br. The van der Waals surface area contributed by atoms with Crippen LogP contribution in [0.4, 0.5) is 0 Å². The van der Waals surface area contributed by atoms with E-state index in [1.54, 1.807) is 21.3 Å². The Labute approximate surface area is 123 Å². The third kappa shape index (κ3) is 3.41. The van der Waals surface area contributed by atoms with Crippen molar-refractivity contribution in [2.45, 2.75) is 26.0 Å². The monoisotopic (exact) mass is 331 g/mol. The van der Waals surface area contributed by atoms with Gasteiger partial charge in [-0.3, -0.25) is 0 Å². The number of methoxy groups -OCH3 is 3. The lowest BCUT2D eigenvalue weighted by Gasteiger charge is -2.28. The molecule has 5 heteroatoms. The van der Waals surface area contributed by atoms with Crippen molar-refractivity contribution in [3.05, 3.63) is 22.2 Å². The molecule has 19 heavy (non-hydrogen) atoms. The number of hydrogen-bond donors (Lipinski definition) is 1. The van der Waals surface area contributed by atoms with Gasteiger partial charge in [0.25, 0.3) is 0 Å². The highest BCUT2D eigenvalue weighted by molar-refractivity contribution is 9.10. The van der Waals surface area contributed by atoms with Crippen molar-refractivity contribution in [3.63, 3.8) is 0 Å². The number of rotatable bonds is 6. The number of hydrogen-bond acceptors (Lipinski definition) is 4. The quantitative estimate of drug-likeness (QED) is 0.870. The molecule has 2 N–H and O–H groups in total. The lowest BCUT2D eigenvalue weighted by atomic mass is 9.93. The van der Waals surface area contributed by atoms with Gasteiger partial charge < -0.3 is 19.9 Å². The van der Waals surface area contributed by atoms with E-state index in [1.165, 1.54) is 0 Å². The molecule has 4 nitrogen and oxygen atoms in total. The molecule has 2 unspecified atom stereocenters. The van der Waals surface area contributed by atoms with Crippen LogP contribution in [0.1, 0.15) is 25.5 Å². The standard InChI is InChI=1S/C14H22BrNO3/c1-8(2)13(18-4)12(16)9-6-7-10(17-3)11(15)14(9)19-5/h6-8,12-13H,16H2,1-5H3. The number of ether oxygens (including phenoxy) is 3. The van der Waals surface area contributed by atoms with E-state index in [-0.39, 0.29) is 12.1 Å². The van der Waals surface area contributed by atoms with Crippen molar-refractivity contribution in [1.29, 1.82) is 0 Å². The van der Waals surface area contributed by atoms with Crippen LogP contribution in [0.3, 0.4) is 0 Å². The van der Waals surface area contributed by atoms with E-state index in [0.717, 1.165) is 10.0 Å². The lowest BCUT2D eigenvalue weighted by Crippen LogP contribution is -2.32. The normalized spacial score (nSPS) is 14.3. The highest BCUT2D eigenvalue weighted by Crippen LogP contribution is 2.40. The van der Waals surface area contributed by atoms with Gasteiger partial charge in [-0.25, -0.2) is 0 Å². The first-order valence-corrected chi connectivity index (χ1v) is 6.95. The van der Waals surface area contributed by atoms with E-state index in [0.29, 0.717) is 17.4 Å². The molecule has 0 aliphatic heterocycles. The van der Waals surface area contributed by atoms with Gasteiger partial charge >= 0.3 is 0 Å². The Morgan fingerprint density at radius 3 is 2.16 bits per heavy atom. The maximum atomic E-state index is 6.32. The fourth-order valence-corrected chi connectivity index (χ4v) is 2.88. The first kappa shape index (κ1) is 16.3. The molecule has 2 atom stereocenters. The zero-order chi connectivity index (χ0) is 14.6. The molecular weight excluding hydrogens is 310 g/mol. The zero-order valence-corrected chi connectivity index (χ0v) is 13.7. The molecular formula is C14H22BrNO3. The second-order valence-corrected chi connectivity index (χ2v) is 5.47. The van der Waals surface area contributed by atoms with Crippen LogP contribution in [-0.4, -0.2) is 27.4 Å². The summed E-state index contributed by atoms with van der Waals surface area (Å²) >= 11 is 3.48. The third-order valence-corrected chi connectivity index (χ3v) is 3.91. The molecule has 0 fully saturated rings. The van der Waals surface area contributed by atoms with E-state index in [9.17, 15) is 0 Å². The lowest BCUT2D eigenvalue weighted by molar-refractivity contribution is 0.0431. The second-order valence-electron chi connectivity index (χ2n) is 4.67. The van der Waals surface area contributed by atoms with Crippen molar-refractivity contribution in [3.8, 4) is 11.5 Å². The maximum Gasteiger partial charge on any atom is 0.141 e. The van der Waals surface area contributed by atoms with Crippen LogP contribution < -0.4 is 15.2 Å². The van der Waals surface area contributed by atoms with Gasteiger partial charge in [-0.2, -0.15) is 0 Å². The van der Waals surface area contributed by atoms with Gasteiger partial charge in [-0.15, -0.1) is 0 Å². The molecule has 0 amide bonds. The Bertz CT molecular complexity index is 423. The van der Waals surface area contributed by atoms with Gasteiger partial charge in [-0.1, -0.05) is 13.8 Å². The third-order valence-electron chi connectivity index (χ3n) is 3.16. The van der Waals surface area contributed by atoms with E-state index < -0.39 is 0 Å². The van der Waals surface area contributed by atoms with Crippen LogP contribution in [0.25, 0.3) is 0 Å². The second kappa shape index (κ2) is 7.12. The van der Waals surface area contributed by atoms with E-state index in [1.807, 2.05) is 12.1 Å². The number of benzene rings is 1. The topological polar surface area (TPSA) is 53.7 Å².